The molecule has 0 aliphatic heterocycles. The van der Waals surface area contributed by atoms with Crippen molar-refractivity contribution in [3.05, 3.63) is 33.9 Å². The van der Waals surface area contributed by atoms with Crippen LogP contribution in [0.4, 0.5) is 0 Å². The number of aryl methyl sites for hydroxylation is 1. The summed E-state index contributed by atoms with van der Waals surface area (Å²) in [5.74, 6) is 2.85. The molecule has 4 aliphatic rings. The molecule has 0 aromatic heterocycles. The largest absolute Gasteiger partial charge is 0.496 e. The number of ether oxygens (including phenoxy) is 3. The van der Waals surface area contributed by atoms with Crippen LogP contribution < -0.4 is 4.74 Å². The number of hydrogen-bond acceptors (Lipinski definition) is 4. The number of esters is 1. The molecule has 0 N–H and O–H groups in total. The van der Waals surface area contributed by atoms with Gasteiger partial charge < -0.3 is 14.2 Å². The Morgan fingerprint density at radius 3 is 2.62 bits per heavy atom. The lowest BCUT2D eigenvalue weighted by atomic mass is 9.54. The van der Waals surface area contributed by atoms with Crippen LogP contribution in [0.5, 0.6) is 5.75 Å². The average Bonchev–Trinajstić information content (AvgIpc) is 3.26. The summed E-state index contributed by atoms with van der Waals surface area (Å²) in [7, 11) is 3.62. The summed E-state index contributed by atoms with van der Waals surface area (Å²) in [4.78, 5) is 13.0. The van der Waals surface area contributed by atoms with Crippen LogP contribution in [0.3, 0.4) is 0 Å². The second-order valence-electron chi connectivity index (χ2n) is 10.7. The van der Waals surface area contributed by atoms with Crippen molar-refractivity contribution in [2.45, 2.75) is 84.2 Å². The van der Waals surface area contributed by atoms with Crippen molar-refractivity contribution < 1.29 is 19.0 Å². The summed E-state index contributed by atoms with van der Waals surface area (Å²) in [6.07, 6.45) is 7.66. The normalized spacial score (nSPS) is 35.1. The highest BCUT2D eigenvalue weighted by atomic mass is 16.5. The maximum atomic E-state index is 13.0. The lowest BCUT2D eigenvalue weighted by molar-refractivity contribution is -0.136. The molecule has 0 heterocycles. The molecule has 4 heteroatoms. The summed E-state index contributed by atoms with van der Waals surface area (Å²) in [6.45, 7) is 9.10. The number of allylic oxidation sites excluding steroid dienone is 1. The summed E-state index contributed by atoms with van der Waals surface area (Å²) in [5.41, 5.74) is 7.48. The quantitative estimate of drug-likeness (QED) is 0.539. The Balaban J connectivity index is 1.63. The van der Waals surface area contributed by atoms with Crippen LogP contribution in [-0.4, -0.2) is 32.9 Å². The molecule has 2 fully saturated rings. The Hall–Kier alpha value is -1.81. The molecule has 174 valence electrons. The van der Waals surface area contributed by atoms with Gasteiger partial charge in [0.25, 0.3) is 0 Å². The van der Waals surface area contributed by atoms with Gasteiger partial charge in [0.05, 0.1) is 25.4 Å². The molecule has 4 nitrogen and oxygen atoms in total. The first kappa shape index (κ1) is 22.0. The monoisotopic (exact) mass is 438 g/mol. The maximum absolute atomic E-state index is 13.0. The van der Waals surface area contributed by atoms with Gasteiger partial charge in [-0.3, -0.25) is 0 Å². The highest BCUT2D eigenvalue weighted by Crippen LogP contribution is 2.63. The number of hydrogen-bond donors (Lipinski definition) is 0. The molecule has 32 heavy (non-hydrogen) atoms. The minimum absolute atomic E-state index is 0.212. The first-order chi connectivity index (χ1) is 15.4. The van der Waals surface area contributed by atoms with Crippen molar-refractivity contribution in [3.8, 4) is 5.75 Å². The van der Waals surface area contributed by atoms with Gasteiger partial charge in [-0.1, -0.05) is 19.4 Å². The van der Waals surface area contributed by atoms with Crippen LogP contribution in [0.1, 0.15) is 93.9 Å². The lowest BCUT2D eigenvalue weighted by Gasteiger charge is -2.51. The van der Waals surface area contributed by atoms with Gasteiger partial charge in [-0.2, -0.15) is 0 Å². The number of carbonyl (C=O) groups is 1. The highest BCUT2D eigenvalue weighted by Gasteiger charge is 2.56. The van der Waals surface area contributed by atoms with Crippen LogP contribution in [0, 0.1) is 17.3 Å². The number of methoxy groups -OCH3 is 2. The van der Waals surface area contributed by atoms with Crippen molar-refractivity contribution in [2.75, 3.05) is 20.8 Å². The van der Waals surface area contributed by atoms with E-state index in [1.807, 2.05) is 14.0 Å². The van der Waals surface area contributed by atoms with Gasteiger partial charge in [0.1, 0.15) is 5.75 Å². The van der Waals surface area contributed by atoms with Crippen LogP contribution >= 0.6 is 0 Å². The molecule has 1 aromatic rings. The molecule has 0 spiro atoms. The van der Waals surface area contributed by atoms with Crippen molar-refractivity contribution in [1.82, 2.24) is 0 Å². The molecule has 2 saturated carbocycles. The summed E-state index contributed by atoms with van der Waals surface area (Å²) in [6, 6.07) is 2.23. The van der Waals surface area contributed by atoms with E-state index in [1.54, 1.807) is 7.11 Å². The third kappa shape index (κ3) is 2.87. The SMILES string of the molecule is CCOC(=O)C1=C(C)[C@@H](C)c2c1c(OC)cc1c2[C@H]2CC[C@]3(C)[C@@H](OC)CC[C@H]3[C@@H]2CC1. The molecule has 5 rings (SSSR count). The van der Waals surface area contributed by atoms with Crippen molar-refractivity contribution in [1.29, 1.82) is 0 Å². The number of fused-ring (bicyclic) bond motifs is 7. The van der Waals surface area contributed by atoms with E-state index >= 15 is 0 Å². The van der Waals surface area contributed by atoms with E-state index in [-0.39, 0.29) is 11.9 Å². The molecule has 1 aromatic carbocycles. The number of rotatable bonds is 4. The molecule has 0 saturated heterocycles. The zero-order chi connectivity index (χ0) is 22.8. The van der Waals surface area contributed by atoms with Gasteiger partial charge in [-0.25, -0.2) is 4.79 Å². The average molecular weight is 439 g/mol. The van der Waals surface area contributed by atoms with E-state index in [2.05, 4.69) is 26.8 Å². The second-order valence-corrected chi connectivity index (χ2v) is 10.7. The Kier molecular flexibility index (Phi) is 5.43. The smallest absolute Gasteiger partial charge is 0.338 e. The van der Waals surface area contributed by atoms with Crippen molar-refractivity contribution >= 4 is 11.5 Å². The molecule has 0 amide bonds. The summed E-state index contributed by atoms with van der Waals surface area (Å²) >= 11 is 0. The van der Waals surface area contributed by atoms with Crippen molar-refractivity contribution in [3.63, 3.8) is 0 Å². The van der Waals surface area contributed by atoms with Gasteiger partial charge in [0.2, 0.25) is 0 Å². The summed E-state index contributed by atoms with van der Waals surface area (Å²) in [5, 5.41) is 0. The van der Waals surface area contributed by atoms with Gasteiger partial charge in [0, 0.05) is 18.6 Å². The predicted molar refractivity (Wildman–Crippen MR) is 126 cm³/mol. The van der Waals surface area contributed by atoms with Crippen LogP contribution in [-0.2, 0) is 20.7 Å². The van der Waals surface area contributed by atoms with Crippen LogP contribution in [0.2, 0.25) is 0 Å². The number of carbonyl (C=O) groups excluding carboxylic acids is 1. The van der Waals surface area contributed by atoms with Gasteiger partial charge >= 0.3 is 5.97 Å². The van der Waals surface area contributed by atoms with E-state index < -0.39 is 0 Å². The molecule has 0 bridgehead atoms. The van der Waals surface area contributed by atoms with E-state index in [0.717, 1.165) is 34.8 Å². The fourth-order valence-corrected chi connectivity index (χ4v) is 8.07. The molecule has 4 aliphatic carbocycles. The molecule has 0 unspecified atom stereocenters. The zero-order valence-electron chi connectivity index (χ0n) is 20.5. The Morgan fingerprint density at radius 1 is 1.16 bits per heavy atom. The first-order valence-corrected chi connectivity index (χ1v) is 12.5. The van der Waals surface area contributed by atoms with E-state index in [1.165, 1.54) is 48.8 Å². The summed E-state index contributed by atoms with van der Waals surface area (Å²) < 4.78 is 17.3. The molecular formula is C28H38O4. The zero-order valence-corrected chi connectivity index (χ0v) is 20.5. The van der Waals surface area contributed by atoms with E-state index in [9.17, 15) is 4.79 Å². The Bertz CT molecular complexity index is 976. The van der Waals surface area contributed by atoms with Gasteiger partial charge in [-0.05, 0) is 98.3 Å². The van der Waals surface area contributed by atoms with E-state index in [4.69, 9.17) is 14.2 Å². The minimum Gasteiger partial charge on any atom is -0.496 e. The molecule has 6 atom stereocenters. The third-order valence-corrected chi connectivity index (χ3v) is 9.64. The minimum atomic E-state index is -0.212. The number of benzene rings is 1. The standard InChI is InChI=1S/C28H38O4/c1-7-32-27(29)24-16(3)15(2)23-25-17(14-21(30-5)26(23)24)8-9-18-19(25)12-13-28(4)20(18)10-11-22(28)31-6/h14-15,18-20,22H,7-13H2,1-6H3/t15-,18-,19+,20+,22+,28+/m1/s1. The Labute approximate surface area is 192 Å². The third-order valence-electron chi connectivity index (χ3n) is 9.64. The Morgan fingerprint density at radius 2 is 1.94 bits per heavy atom. The lowest BCUT2D eigenvalue weighted by Crippen LogP contribution is -2.44. The van der Waals surface area contributed by atoms with E-state index in [0.29, 0.717) is 30.0 Å². The highest BCUT2D eigenvalue weighted by molar-refractivity contribution is 6.20. The van der Waals surface area contributed by atoms with Gasteiger partial charge in [-0.15, -0.1) is 0 Å². The fraction of sp³-hybridized carbons (Fsp3) is 0.679. The van der Waals surface area contributed by atoms with Crippen molar-refractivity contribution in [2.24, 2.45) is 17.3 Å². The molecule has 0 radical (unpaired) electrons. The predicted octanol–water partition coefficient (Wildman–Crippen LogP) is 6.02. The first-order valence-electron chi connectivity index (χ1n) is 12.5. The maximum Gasteiger partial charge on any atom is 0.338 e. The fourth-order valence-electron chi connectivity index (χ4n) is 8.07. The molecular weight excluding hydrogens is 400 g/mol. The van der Waals surface area contributed by atoms with Crippen LogP contribution in [0.15, 0.2) is 11.6 Å². The van der Waals surface area contributed by atoms with Gasteiger partial charge in [0.15, 0.2) is 0 Å². The van der Waals surface area contributed by atoms with Crippen LogP contribution in [0.25, 0.3) is 5.57 Å². The second kappa shape index (κ2) is 7.90. The topological polar surface area (TPSA) is 44.8 Å².